The second-order valence-electron chi connectivity index (χ2n) is 7.04. The van der Waals surface area contributed by atoms with Crippen LogP contribution in [0.2, 0.25) is 0 Å². The minimum absolute atomic E-state index is 0.0674. The summed E-state index contributed by atoms with van der Waals surface area (Å²) in [6.45, 7) is 7.19. The molecule has 144 valence electrons. The first-order valence-corrected chi connectivity index (χ1v) is 10.5. The fourth-order valence-corrected chi connectivity index (χ4v) is 4.43. The van der Waals surface area contributed by atoms with E-state index < -0.39 is 0 Å². The van der Waals surface area contributed by atoms with Gasteiger partial charge in [-0.25, -0.2) is 9.97 Å². The molecule has 6 heteroatoms. The summed E-state index contributed by atoms with van der Waals surface area (Å²) in [5.41, 5.74) is 2.25. The third kappa shape index (κ3) is 3.92. The molecule has 1 amide bonds. The quantitative estimate of drug-likeness (QED) is 0.632. The Kier molecular flexibility index (Phi) is 5.39. The van der Waals surface area contributed by atoms with Gasteiger partial charge >= 0.3 is 0 Å². The van der Waals surface area contributed by atoms with Gasteiger partial charge in [0.2, 0.25) is 5.91 Å². The van der Waals surface area contributed by atoms with Crippen molar-refractivity contribution in [1.29, 1.82) is 0 Å². The van der Waals surface area contributed by atoms with Gasteiger partial charge in [0.25, 0.3) is 0 Å². The molecule has 0 saturated carbocycles. The number of nitrogens with zero attached hydrogens (tertiary/aromatic N) is 4. The Bertz CT molecular complexity index is 1020. The molecular formula is C22H24N4OS. The second-order valence-corrected chi connectivity index (χ2v) is 8.16. The fourth-order valence-electron chi connectivity index (χ4n) is 3.50. The van der Waals surface area contributed by atoms with Gasteiger partial charge in [0, 0.05) is 37.1 Å². The molecule has 3 heterocycles. The molecule has 0 radical (unpaired) electrons. The third-order valence-electron chi connectivity index (χ3n) is 5.06. The lowest BCUT2D eigenvalue weighted by Gasteiger charge is -2.35. The minimum Gasteiger partial charge on any atom is -0.352 e. The molecule has 1 aromatic carbocycles. The normalized spacial score (nSPS) is 14.9. The molecule has 1 fully saturated rings. The summed E-state index contributed by atoms with van der Waals surface area (Å²) < 4.78 is 0. The van der Waals surface area contributed by atoms with Gasteiger partial charge in [-0.1, -0.05) is 36.8 Å². The van der Waals surface area contributed by atoms with Crippen LogP contribution in [0.5, 0.6) is 0 Å². The molecule has 1 aliphatic heterocycles. The molecule has 4 rings (SSSR count). The third-order valence-corrected chi connectivity index (χ3v) is 6.25. The second kappa shape index (κ2) is 8.10. The van der Waals surface area contributed by atoms with E-state index in [9.17, 15) is 4.79 Å². The van der Waals surface area contributed by atoms with Crippen molar-refractivity contribution in [3.05, 3.63) is 58.7 Å². The van der Waals surface area contributed by atoms with Crippen LogP contribution >= 0.6 is 11.3 Å². The maximum absolute atomic E-state index is 12.6. The Morgan fingerprint density at radius 1 is 1.18 bits per heavy atom. The van der Waals surface area contributed by atoms with E-state index in [0.29, 0.717) is 13.1 Å². The number of rotatable bonds is 4. The Balaban J connectivity index is 1.42. The molecule has 28 heavy (non-hydrogen) atoms. The highest BCUT2D eigenvalue weighted by Crippen LogP contribution is 2.30. The van der Waals surface area contributed by atoms with Crippen molar-refractivity contribution < 1.29 is 4.79 Å². The molecule has 1 aliphatic rings. The number of hydrogen-bond donors (Lipinski definition) is 0. The summed E-state index contributed by atoms with van der Waals surface area (Å²) >= 11 is 1.73. The summed E-state index contributed by atoms with van der Waals surface area (Å²) in [5, 5.41) is 1.13. The summed E-state index contributed by atoms with van der Waals surface area (Å²) in [6, 6.07) is 10.4. The summed E-state index contributed by atoms with van der Waals surface area (Å²) in [7, 11) is 0. The zero-order valence-corrected chi connectivity index (χ0v) is 17.1. The van der Waals surface area contributed by atoms with Gasteiger partial charge in [-0.15, -0.1) is 11.3 Å². The number of anilines is 1. The molecule has 0 atom stereocenters. The predicted molar refractivity (Wildman–Crippen MR) is 116 cm³/mol. The molecule has 3 aromatic rings. The van der Waals surface area contributed by atoms with Crippen LogP contribution in [-0.4, -0.2) is 47.0 Å². The van der Waals surface area contributed by atoms with Gasteiger partial charge in [0.1, 0.15) is 17.0 Å². The Morgan fingerprint density at radius 3 is 2.75 bits per heavy atom. The van der Waals surface area contributed by atoms with Gasteiger partial charge in [0.05, 0.1) is 5.39 Å². The Morgan fingerprint density at radius 2 is 2.00 bits per heavy atom. The Labute approximate surface area is 169 Å². The number of aromatic nitrogens is 2. The minimum atomic E-state index is 0.0674. The number of carbonyl (C=O) groups is 1. The van der Waals surface area contributed by atoms with Gasteiger partial charge in [0.15, 0.2) is 0 Å². The van der Waals surface area contributed by atoms with Crippen molar-refractivity contribution in [3.8, 4) is 0 Å². The van der Waals surface area contributed by atoms with Crippen LogP contribution in [0.25, 0.3) is 16.3 Å². The van der Waals surface area contributed by atoms with E-state index in [-0.39, 0.29) is 5.91 Å². The van der Waals surface area contributed by atoms with Gasteiger partial charge < -0.3 is 9.80 Å². The van der Waals surface area contributed by atoms with Crippen molar-refractivity contribution in [2.45, 2.75) is 20.3 Å². The van der Waals surface area contributed by atoms with E-state index in [1.165, 1.54) is 10.4 Å². The monoisotopic (exact) mass is 392 g/mol. The zero-order chi connectivity index (χ0) is 19.5. The molecule has 0 spiro atoms. The molecular weight excluding hydrogens is 368 g/mol. The summed E-state index contributed by atoms with van der Waals surface area (Å²) in [6.07, 6.45) is 6.23. The molecule has 5 nitrogen and oxygen atoms in total. The van der Waals surface area contributed by atoms with Gasteiger partial charge in [-0.05, 0) is 31.1 Å². The smallest absolute Gasteiger partial charge is 0.246 e. The lowest BCUT2D eigenvalue weighted by molar-refractivity contribution is -0.126. The van der Waals surface area contributed by atoms with E-state index in [1.54, 1.807) is 23.7 Å². The number of hydrogen-bond acceptors (Lipinski definition) is 5. The number of carbonyl (C=O) groups excluding carboxylic acids is 1. The predicted octanol–water partition coefficient (Wildman–Crippen LogP) is 3.92. The number of aryl methyl sites for hydroxylation is 2. The standard InChI is InChI=1S/C22H24N4OS/c1-3-18-14-19-21(23-15-24-22(19)28-18)26-11-9-25(10-12-26)20(27)8-7-17-6-4-5-16(2)13-17/h4-8,13-15H,3,9-12H2,1-2H3. The lowest BCUT2D eigenvalue weighted by atomic mass is 10.1. The molecule has 2 aromatic heterocycles. The van der Waals surface area contributed by atoms with Crippen LogP contribution in [0.1, 0.15) is 22.9 Å². The van der Waals surface area contributed by atoms with Crippen LogP contribution < -0.4 is 4.90 Å². The molecule has 0 unspecified atom stereocenters. The van der Waals surface area contributed by atoms with E-state index in [4.69, 9.17) is 0 Å². The average Bonchev–Trinajstić information content (AvgIpc) is 3.16. The highest BCUT2D eigenvalue weighted by molar-refractivity contribution is 7.18. The van der Waals surface area contributed by atoms with Crippen molar-refractivity contribution in [3.63, 3.8) is 0 Å². The first kappa shape index (κ1) is 18.6. The number of benzene rings is 1. The highest BCUT2D eigenvalue weighted by Gasteiger charge is 2.22. The first-order valence-electron chi connectivity index (χ1n) is 9.66. The number of amides is 1. The van der Waals surface area contributed by atoms with Crippen molar-refractivity contribution >= 4 is 39.4 Å². The van der Waals surface area contributed by atoms with E-state index in [2.05, 4.69) is 46.9 Å². The zero-order valence-electron chi connectivity index (χ0n) is 16.3. The number of fused-ring (bicyclic) bond motifs is 1. The van der Waals surface area contributed by atoms with Crippen LogP contribution in [0.4, 0.5) is 5.82 Å². The van der Waals surface area contributed by atoms with Crippen LogP contribution in [-0.2, 0) is 11.2 Å². The average molecular weight is 393 g/mol. The topological polar surface area (TPSA) is 49.3 Å². The lowest BCUT2D eigenvalue weighted by Crippen LogP contribution is -2.48. The Hall–Kier alpha value is -2.73. The van der Waals surface area contributed by atoms with E-state index >= 15 is 0 Å². The van der Waals surface area contributed by atoms with Crippen molar-refractivity contribution in [2.24, 2.45) is 0 Å². The summed E-state index contributed by atoms with van der Waals surface area (Å²) in [5.74, 6) is 1.06. The number of piperazine rings is 1. The number of thiophene rings is 1. The van der Waals surface area contributed by atoms with E-state index in [0.717, 1.165) is 41.1 Å². The SMILES string of the molecule is CCc1cc2c(N3CCN(C(=O)C=Cc4cccc(C)c4)CC3)ncnc2s1. The summed E-state index contributed by atoms with van der Waals surface area (Å²) in [4.78, 5) is 28.0. The fraction of sp³-hybridized carbons (Fsp3) is 0.318. The molecule has 0 aliphatic carbocycles. The van der Waals surface area contributed by atoms with Gasteiger partial charge in [-0.2, -0.15) is 0 Å². The van der Waals surface area contributed by atoms with Crippen molar-refractivity contribution in [2.75, 3.05) is 31.1 Å². The van der Waals surface area contributed by atoms with Gasteiger partial charge in [-0.3, -0.25) is 4.79 Å². The first-order chi connectivity index (χ1) is 13.6. The highest BCUT2D eigenvalue weighted by atomic mass is 32.1. The van der Waals surface area contributed by atoms with Crippen molar-refractivity contribution in [1.82, 2.24) is 14.9 Å². The van der Waals surface area contributed by atoms with Crippen LogP contribution in [0.15, 0.2) is 42.7 Å². The molecule has 0 bridgehead atoms. The van der Waals surface area contributed by atoms with Crippen LogP contribution in [0.3, 0.4) is 0 Å². The molecule has 0 N–H and O–H groups in total. The maximum Gasteiger partial charge on any atom is 0.246 e. The van der Waals surface area contributed by atoms with E-state index in [1.807, 2.05) is 23.1 Å². The van der Waals surface area contributed by atoms with Crippen LogP contribution in [0, 0.1) is 6.92 Å². The maximum atomic E-state index is 12.6. The largest absolute Gasteiger partial charge is 0.352 e. The molecule has 1 saturated heterocycles.